The van der Waals surface area contributed by atoms with E-state index in [1.54, 1.807) is 55.4 Å². The first-order valence-electron chi connectivity index (χ1n) is 10.3. The second-order valence-corrected chi connectivity index (χ2v) is 10.6. The number of aliphatic carboxylic acids is 2. The molecule has 4 N–H and O–H groups in total. The largest absolute Gasteiger partial charge is 0.479 e. The second kappa shape index (κ2) is 10.1. The highest BCUT2D eigenvalue weighted by Crippen LogP contribution is 2.36. The Morgan fingerprint density at radius 1 is 0.939 bits per heavy atom. The van der Waals surface area contributed by atoms with Gasteiger partial charge in [-0.1, -0.05) is 0 Å². The van der Waals surface area contributed by atoms with E-state index in [9.17, 15) is 24.3 Å². The Balaban J connectivity index is 0.000000633. The van der Waals surface area contributed by atoms with Gasteiger partial charge in [0.15, 0.2) is 11.1 Å². The predicted molar refractivity (Wildman–Crippen MR) is 117 cm³/mol. The molecule has 1 aliphatic rings. The van der Waals surface area contributed by atoms with E-state index in [-0.39, 0.29) is 6.61 Å². The van der Waals surface area contributed by atoms with E-state index in [0.717, 1.165) is 4.90 Å². The van der Waals surface area contributed by atoms with Crippen molar-refractivity contribution < 1.29 is 48.7 Å². The molecule has 1 heterocycles. The standard InChI is InChI=1S/C12H21NO5.C9H17NO5/c1-10(2,3)18-9(16)13-11(4,5)17-7-12(13,6)8(14)15;1-8(2,3)15-7(14)10-9(4,5-11)6(12)13/h7H2,1-6H3,(H,14,15);11H,5H2,1-4H3,(H,10,14)(H,12,13)/t12-;9-/m11/s1. The molecule has 0 saturated carbocycles. The molecule has 12 nitrogen and oxygen atoms in total. The number of ether oxygens (including phenoxy) is 3. The number of alkyl carbamates (subject to hydrolysis) is 1. The Kier molecular flexibility index (Phi) is 9.33. The molecule has 0 bridgehead atoms. The van der Waals surface area contributed by atoms with E-state index < -0.39 is 58.7 Å². The second-order valence-electron chi connectivity index (χ2n) is 10.6. The summed E-state index contributed by atoms with van der Waals surface area (Å²) in [7, 11) is 0. The third-order valence-corrected chi connectivity index (χ3v) is 4.34. The fourth-order valence-electron chi connectivity index (χ4n) is 2.62. The minimum Gasteiger partial charge on any atom is -0.479 e. The number of rotatable bonds is 4. The molecule has 0 aromatic carbocycles. The zero-order chi connectivity index (χ0) is 26.6. The van der Waals surface area contributed by atoms with E-state index in [4.69, 9.17) is 24.4 Å². The van der Waals surface area contributed by atoms with Crippen LogP contribution in [0.3, 0.4) is 0 Å². The Labute approximate surface area is 194 Å². The van der Waals surface area contributed by atoms with E-state index in [1.807, 2.05) is 0 Å². The average molecular weight is 479 g/mol. The van der Waals surface area contributed by atoms with Gasteiger partial charge in [-0.15, -0.1) is 0 Å². The minimum absolute atomic E-state index is 0.0609. The highest BCUT2D eigenvalue weighted by Gasteiger charge is 2.57. The van der Waals surface area contributed by atoms with Crippen molar-refractivity contribution in [3.05, 3.63) is 0 Å². The van der Waals surface area contributed by atoms with E-state index in [1.165, 1.54) is 13.8 Å². The number of carboxylic acids is 2. The molecule has 0 aromatic rings. The molecular formula is C21H38N2O10. The van der Waals surface area contributed by atoms with Crippen molar-refractivity contribution in [1.29, 1.82) is 0 Å². The summed E-state index contributed by atoms with van der Waals surface area (Å²) in [4.78, 5) is 46.6. The third kappa shape index (κ3) is 8.69. The summed E-state index contributed by atoms with van der Waals surface area (Å²) in [5.74, 6) is -2.44. The lowest BCUT2D eigenvalue weighted by molar-refractivity contribution is -0.150. The van der Waals surface area contributed by atoms with Gasteiger partial charge in [0.1, 0.15) is 16.9 Å². The van der Waals surface area contributed by atoms with Gasteiger partial charge in [-0.2, -0.15) is 0 Å². The van der Waals surface area contributed by atoms with Crippen molar-refractivity contribution in [2.45, 2.75) is 97.2 Å². The summed E-state index contributed by atoms with van der Waals surface area (Å²) in [5.41, 5.74) is -5.53. The topological polar surface area (TPSA) is 172 Å². The molecule has 1 aliphatic heterocycles. The molecule has 2 atom stereocenters. The van der Waals surface area contributed by atoms with Crippen LogP contribution in [0.2, 0.25) is 0 Å². The molecule has 1 fully saturated rings. The van der Waals surface area contributed by atoms with Crippen molar-refractivity contribution in [1.82, 2.24) is 10.2 Å². The predicted octanol–water partition coefficient (Wildman–Crippen LogP) is 2.18. The van der Waals surface area contributed by atoms with Gasteiger partial charge in [-0.25, -0.2) is 19.2 Å². The quantitative estimate of drug-likeness (QED) is 0.469. The molecule has 192 valence electrons. The summed E-state index contributed by atoms with van der Waals surface area (Å²) < 4.78 is 15.5. The number of carboxylic acid groups (broad SMARTS) is 2. The highest BCUT2D eigenvalue weighted by atomic mass is 16.6. The summed E-state index contributed by atoms with van der Waals surface area (Å²) in [6.45, 7) is 15.3. The van der Waals surface area contributed by atoms with Crippen LogP contribution in [0.25, 0.3) is 0 Å². The number of nitrogens with zero attached hydrogens (tertiary/aromatic N) is 1. The Hall–Kier alpha value is -2.60. The lowest BCUT2D eigenvalue weighted by atomic mass is 10.0. The van der Waals surface area contributed by atoms with Crippen LogP contribution >= 0.6 is 0 Å². The first-order chi connectivity index (χ1) is 14.5. The maximum Gasteiger partial charge on any atom is 0.413 e. The Bertz CT molecular complexity index is 753. The van der Waals surface area contributed by atoms with Crippen LogP contribution in [0, 0.1) is 0 Å². The van der Waals surface area contributed by atoms with Gasteiger partial charge in [0.25, 0.3) is 0 Å². The lowest BCUT2D eigenvalue weighted by Crippen LogP contribution is -2.59. The Morgan fingerprint density at radius 3 is 1.73 bits per heavy atom. The summed E-state index contributed by atoms with van der Waals surface area (Å²) in [6, 6.07) is 0. The first-order valence-corrected chi connectivity index (χ1v) is 10.3. The summed E-state index contributed by atoms with van der Waals surface area (Å²) in [5, 5.41) is 29.0. The van der Waals surface area contributed by atoms with E-state index in [2.05, 4.69) is 5.32 Å². The molecule has 1 rings (SSSR count). The lowest BCUT2D eigenvalue weighted by Gasteiger charge is -2.37. The number of hydrogen-bond acceptors (Lipinski definition) is 8. The number of nitrogens with one attached hydrogen (secondary N) is 1. The Morgan fingerprint density at radius 2 is 1.39 bits per heavy atom. The van der Waals surface area contributed by atoms with Crippen LogP contribution in [-0.2, 0) is 23.8 Å². The zero-order valence-electron chi connectivity index (χ0n) is 21.1. The molecular weight excluding hydrogens is 440 g/mol. The number of carbonyl (C=O) groups excluding carboxylic acids is 2. The molecule has 1 saturated heterocycles. The third-order valence-electron chi connectivity index (χ3n) is 4.34. The highest BCUT2D eigenvalue weighted by molar-refractivity contribution is 5.85. The molecule has 0 unspecified atom stereocenters. The van der Waals surface area contributed by atoms with Crippen molar-refractivity contribution in [3.8, 4) is 0 Å². The monoisotopic (exact) mass is 478 g/mol. The van der Waals surface area contributed by atoms with Gasteiger partial charge >= 0.3 is 24.1 Å². The number of aliphatic hydroxyl groups is 1. The van der Waals surface area contributed by atoms with Crippen LogP contribution in [-0.4, -0.2) is 85.6 Å². The molecule has 0 aliphatic carbocycles. The fraction of sp³-hybridized carbons (Fsp3) is 0.810. The number of hydrogen-bond donors (Lipinski definition) is 4. The molecule has 0 spiro atoms. The van der Waals surface area contributed by atoms with Gasteiger partial charge < -0.3 is 34.8 Å². The van der Waals surface area contributed by atoms with Gasteiger partial charge in [0.05, 0.1) is 13.2 Å². The first kappa shape index (κ1) is 30.4. The van der Waals surface area contributed by atoms with Crippen molar-refractivity contribution >= 4 is 24.1 Å². The van der Waals surface area contributed by atoms with Crippen LogP contribution in [0.1, 0.15) is 69.2 Å². The van der Waals surface area contributed by atoms with Crippen LogP contribution in [0.5, 0.6) is 0 Å². The van der Waals surface area contributed by atoms with Crippen molar-refractivity contribution in [2.24, 2.45) is 0 Å². The summed E-state index contributed by atoms with van der Waals surface area (Å²) >= 11 is 0. The zero-order valence-corrected chi connectivity index (χ0v) is 21.1. The number of aliphatic hydroxyl groups excluding tert-OH is 1. The molecule has 2 amide bonds. The van der Waals surface area contributed by atoms with Gasteiger partial charge in [0, 0.05) is 0 Å². The van der Waals surface area contributed by atoms with Crippen LogP contribution < -0.4 is 5.32 Å². The molecule has 0 aromatic heterocycles. The number of amides is 2. The minimum atomic E-state index is -1.72. The normalized spacial score (nSPS) is 21.7. The average Bonchev–Trinajstić information content (AvgIpc) is 2.82. The maximum absolute atomic E-state index is 12.2. The maximum atomic E-state index is 12.2. The smallest absolute Gasteiger partial charge is 0.413 e. The van der Waals surface area contributed by atoms with Crippen LogP contribution in [0.15, 0.2) is 0 Å². The molecule has 12 heteroatoms. The van der Waals surface area contributed by atoms with Crippen molar-refractivity contribution in [2.75, 3.05) is 13.2 Å². The van der Waals surface area contributed by atoms with Gasteiger partial charge in [-0.3, -0.25) is 4.90 Å². The summed E-state index contributed by atoms with van der Waals surface area (Å²) in [6.07, 6.45) is -1.56. The molecule has 33 heavy (non-hydrogen) atoms. The fourth-order valence-corrected chi connectivity index (χ4v) is 2.62. The van der Waals surface area contributed by atoms with Crippen LogP contribution in [0.4, 0.5) is 9.59 Å². The molecule has 0 radical (unpaired) electrons. The van der Waals surface area contributed by atoms with E-state index >= 15 is 0 Å². The number of carbonyl (C=O) groups is 4. The van der Waals surface area contributed by atoms with E-state index in [0.29, 0.717) is 0 Å². The van der Waals surface area contributed by atoms with Gasteiger partial charge in [0.2, 0.25) is 0 Å². The van der Waals surface area contributed by atoms with Crippen molar-refractivity contribution in [3.63, 3.8) is 0 Å². The SMILES string of the molecule is CC(C)(C)OC(=O)N1C(C)(C)OC[C@]1(C)C(=O)O.CC(C)(C)OC(=O)N[C@](C)(CO)C(=O)O. The van der Waals surface area contributed by atoms with Gasteiger partial charge in [-0.05, 0) is 69.2 Å².